The van der Waals surface area contributed by atoms with Crippen LogP contribution in [0.1, 0.15) is 50.5 Å². The Morgan fingerprint density at radius 1 is 1.00 bits per heavy atom. The van der Waals surface area contributed by atoms with Crippen molar-refractivity contribution in [3.63, 3.8) is 0 Å². The molecule has 6 heteroatoms. The zero-order valence-corrected chi connectivity index (χ0v) is 17.1. The lowest BCUT2D eigenvalue weighted by atomic mass is 10.1. The quantitative estimate of drug-likeness (QED) is 0.755. The maximum atomic E-state index is 12.7. The Bertz CT molecular complexity index is 694. The molecular weight excluding hydrogens is 376 g/mol. The summed E-state index contributed by atoms with van der Waals surface area (Å²) in [6, 6.07) is 7.87. The first-order chi connectivity index (χ1) is 13.6. The number of ether oxygens (including phenoxy) is 1. The normalized spacial score (nSPS) is 24.3. The number of piperidine rings is 1. The summed E-state index contributed by atoms with van der Waals surface area (Å²) in [7, 11) is 0. The zero-order valence-electron chi connectivity index (χ0n) is 16.3. The first-order valence-corrected chi connectivity index (χ1v) is 11.0. The number of hydrogen-bond acceptors (Lipinski definition) is 3. The van der Waals surface area contributed by atoms with E-state index >= 15 is 0 Å². The van der Waals surface area contributed by atoms with Crippen LogP contribution in [0.5, 0.6) is 0 Å². The topological polar surface area (TPSA) is 49.9 Å². The van der Waals surface area contributed by atoms with Crippen molar-refractivity contribution in [2.24, 2.45) is 0 Å². The summed E-state index contributed by atoms with van der Waals surface area (Å²) in [5.74, 6) is 0.332. The van der Waals surface area contributed by atoms with Gasteiger partial charge in [-0.2, -0.15) is 0 Å². The molecule has 3 aliphatic rings. The van der Waals surface area contributed by atoms with Crippen molar-refractivity contribution in [3.05, 3.63) is 34.9 Å². The fourth-order valence-electron chi connectivity index (χ4n) is 4.74. The second-order valence-electron chi connectivity index (χ2n) is 8.27. The molecule has 1 unspecified atom stereocenters. The minimum Gasteiger partial charge on any atom is -0.365 e. The monoisotopic (exact) mass is 404 g/mol. The van der Waals surface area contributed by atoms with Gasteiger partial charge in [0.2, 0.25) is 5.91 Å². The van der Waals surface area contributed by atoms with Crippen molar-refractivity contribution < 1.29 is 14.3 Å². The van der Waals surface area contributed by atoms with E-state index < -0.39 is 0 Å². The summed E-state index contributed by atoms with van der Waals surface area (Å²) in [5.41, 5.74) is 0.983. The Kier molecular flexibility index (Phi) is 6.22. The Morgan fingerprint density at radius 3 is 2.36 bits per heavy atom. The third-order valence-electron chi connectivity index (χ3n) is 6.38. The first-order valence-electron chi connectivity index (χ1n) is 10.6. The second kappa shape index (κ2) is 8.83. The molecule has 0 bridgehead atoms. The molecule has 1 aromatic rings. The summed E-state index contributed by atoms with van der Waals surface area (Å²) in [6.07, 6.45) is 7.40. The van der Waals surface area contributed by atoms with Crippen molar-refractivity contribution >= 4 is 23.4 Å². The van der Waals surface area contributed by atoms with Gasteiger partial charge in [0.1, 0.15) is 6.10 Å². The zero-order chi connectivity index (χ0) is 19.5. The molecule has 1 aliphatic carbocycles. The lowest BCUT2D eigenvalue weighted by Crippen LogP contribution is -2.44. The van der Waals surface area contributed by atoms with E-state index in [4.69, 9.17) is 16.3 Å². The molecule has 1 saturated carbocycles. The molecule has 3 fully saturated rings. The number of likely N-dealkylation sites (tertiary alicyclic amines) is 2. The third kappa shape index (κ3) is 4.52. The smallest absolute Gasteiger partial charge is 0.252 e. The number of hydrogen-bond donors (Lipinski definition) is 0. The number of halogens is 1. The Balaban J connectivity index is 1.22. The second-order valence-corrected chi connectivity index (χ2v) is 8.70. The SMILES string of the molecule is O=C(Cc1ccc(Cl)cc1)N1CCC(OC2CCN(C3CCCC3)C2=O)CC1. The largest absolute Gasteiger partial charge is 0.365 e. The highest BCUT2D eigenvalue weighted by Crippen LogP contribution is 2.29. The fraction of sp³-hybridized carbons (Fsp3) is 0.636. The Hall–Kier alpha value is -1.59. The molecule has 0 spiro atoms. The van der Waals surface area contributed by atoms with Gasteiger partial charge in [-0.3, -0.25) is 9.59 Å². The van der Waals surface area contributed by atoms with Gasteiger partial charge in [-0.25, -0.2) is 0 Å². The van der Waals surface area contributed by atoms with Gasteiger partial charge in [-0.15, -0.1) is 0 Å². The van der Waals surface area contributed by atoms with Crippen LogP contribution in [0.15, 0.2) is 24.3 Å². The van der Waals surface area contributed by atoms with Crippen LogP contribution in [-0.2, 0) is 20.7 Å². The molecule has 0 aromatic heterocycles. The van der Waals surface area contributed by atoms with Gasteiger partial charge in [-0.05, 0) is 43.4 Å². The van der Waals surface area contributed by atoms with Crippen molar-refractivity contribution in [3.8, 4) is 0 Å². The van der Waals surface area contributed by atoms with Crippen molar-refractivity contribution in [1.29, 1.82) is 0 Å². The van der Waals surface area contributed by atoms with E-state index in [-0.39, 0.29) is 24.0 Å². The standard InChI is InChI=1S/C22H29ClN2O3/c23-17-7-5-16(6-8-17)15-21(26)24-12-9-19(10-13-24)28-20-11-14-25(22(20)27)18-3-1-2-4-18/h5-8,18-20H,1-4,9-15H2. The van der Waals surface area contributed by atoms with Gasteiger partial charge in [0.25, 0.3) is 5.91 Å². The Labute approximate surface area is 172 Å². The number of benzene rings is 1. The molecular formula is C22H29ClN2O3. The van der Waals surface area contributed by atoms with E-state index in [0.717, 1.165) is 44.2 Å². The van der Waals surface area contributed by atoms with Gasteiger partial charge in [-0.1, -0.05) is 36.6 Å². The minimum atomic E-state index is -0.276. The van der Waals surface area contributed by atoms with Gasteiger partial charge >= 0.3 is 0 Å². The molecule has 0 radical (unpaired) electrons. The van der Waals surface area contributed by atoms with Crippen LogP contribution < -0.4 is 0 Å². The highest BCUT2D eigenvalue weighted by Gasteiger charge is 2.39. The average molecular weight is 405 g/mol. The van der Waals surface area contributed by atoms with E-state index in [1.807, 2.05) is 29.2 Å². The van der Waals surface area contributed by atoms with Gasteiger partial charge in [0.15, 0.2) is 0 Å². The predicted octanol–water partition coefficient (Wildman–Crippen LogP) is 3.43. The fourth-order valence-corrected chi connectivity index (χ4v) is 4.87. The molecule has 2 aliphatic heterocycles. The van der Waals surface area contributed by atoms with Crippen LogP contribution in [0.3, 0.4) is 0 Å². The molecule has 0 N–H and O–H groups in total. The molecule has 1 aromatic carbocycles. The highest BCUT2D eigenvalue weighted by atomic mass is 35.5. The molecule has 2 amide bonds. The number of nitrogens with zero attached hydrogens (tertiary/aromatic N) is 2. The lowest BCUT2D eigenvalue weighted by molar-refractivity contribution is -0.146. The van der Waals surface area contributed by atoms with Crippen LogP contribution in [0, 0.1) is 0 Å². The maximum absolute atomic E-state index is 12.7. The van der Waals surface area contributed by atoms with E-state index in [0.29, 0.717) is 30.6 Å². The average Bonchev–Trinajstić information content (AvgIpc) is 3.35. The van der Waals surface area contributed by atoms with E-state index in [1.54, 1.807) is 0 Å². The van der Waals surface area contributed by atoms with E-state index in [2.05, 4.69) is 4.90 Å². The molecule has 5 nitrogen and oxygen atoms in total. The molecule has 152 valence electrons. The maximum Gasteiger partial charge on any atom is 0.252 e. The highest BCUT2D eigenvalue weighted by molar-refractivity contribution is 6.30. The summed E-state index contributed by atoms with van der Waals surface area (Å²) in [5, 5.41) is 0.683. The summed E-state index contributed by atoms with van der Waals surface area (Å²) in [6.45, 7) is 2.24. The van der Waals surface area contributed by atoms with E-state index in [9.17, 15) is 9.59 Å². The molecule has 2 heterocycles. The van der Waals surface area contributed by atoms with Crippen LogP contribution in [-0.4, -0.2) is 59.5 Å². The van der Waals surface area contributed by atoms with Crippen molar-refractivity contribution in [2.45, 2.75) is 69.6 Å². The Morgan fingerprint density at radius 2 is 1.68 bits per heavy atom. The third-order valence-corrected chi connectivity index (χ3v) is 6.63. The van der Waals surface area contributed by atoms with Crippen LogP contribution in [0.2, 0.25) is 5.02 Å². The lowest BCUT2D eigenvalue weighted by Gasteiger charge is -2.33. The van der Waals surface area contributed by atoms with Gasteiger partial charge in [0.05, 0.1) is 12.5 Å². The summed E-state index contributed by atoms with van der Waals surface area (Å²) >= 11 is 5.90. The molecule has 4 rings (SSSR count). The predicted molar refractivity (Wildman–Crippen MR) is 108 cm³/mol. The number of carbonyl (C=O) groups excluding carboxylic acids is 2. The minimum absolute atomic E-state index is 0.0806. The first kappa shape index (κ1) is 19.7. The van der Waals surface area contributed by atoms with Gasteiger partial charge < -0.3 is 14.5 Å². The number of rotatable bonds is 5. The van der Waals surface area contributed by atoms with Crippen molar-refractivity contribution in [1.82, 2.24) is 9.80 Å². The van der Waals surface area contributed by atoms with Crippen LogP contribution >= 0.6 is 11.6 Å². The molecule has 28 heavy (non-hydrogen) atoms. The van der Waals surface area contributed by atoms with Crippen molar-refractivity contribution in [2.75, 3.05) is 19.6 Å². The summed E-state index contributed by atoms with van der Waals surface area (Å²) < 4.78 is 6.17. The number of amides is 2. The summed E-state index contributed by atoms with van der Waals surface area (Å²) in [4.78, 5) is 29.2. The molecule has 2 saturated heterocycles. The van der Waals surface area contributed by atoms with Crippen LogP contribution in [0.4, 0.5) is 0 Å². The number of carbonyl (C=O) groups is 2. The van der Waals surface area contributed by atoms with Crippen LogP contribution in [0.25, 0.3) is 0 Å². The van der Waals surface area contributed by atoms with Gasteiger partial charge in [0, 0.05) is 37.1 Å². The van der Waals surface area contributed by atoms with E-state index in [1.165, 1.54) is 12.8 Å². The molecule has 1 atom stereocenters.